The third-order valence-electron chi connectivity index (χ3n) is 2.98. The van der Waals surface area contributed by atoms with Crippen LogP contribution >= 0.6 is 0 Å². The lowest BCUT2D eigenvalue weighted by Crippen LogP contribution is -2.13. The Morgan fingerprint density at radius 2 is 2.38 bits per heavy atom. The predicted octanol–water partition coefficient (Wildman–Crippen LogP) is 0.986. The lowest BCUT2D eigenvalue weighted by molar-refractivity contribution is 0.111. The number of hydrogen-bond donors (Lipinski definition) is 1. The maximum absolute atomic E-state index is 10.8. The van der Waals surface area contributed by atoms with E-state index >= 15 is 0 Å². The van der Waals surface area contributed by atoms with E-state index in [1.165, 1.54) is 0 Å². The molecule has 0 radical (unpaired) electrons. The lowest BCUT2D eigenvalue weighted by atomic mass is 10.1. The fourth-order valence-electron chi connectivity index (χ4n) is 1.94. The van der Waals surface area contributed by atoms with E-state index < -0.39 is 0 Å². The summed E-state index contributed by atoms with van der Waals surface area (Å²) in [5, 5.41) is 16.8. The maximum Gasteiger partial charge on any atom is 0.172 e. The Morgan fingerprint density at radius 1 is 1.62 bits per heavy atom. The highest BCUT2D eigenvalue weighted by Crippen LogP contribution is 2.40. The van der Waals surface area contributed by atoms with Crippen molar-refractivity contribution in [1.82, 2.24) is 15.0 Å². The molecule has 5 heteroatoms. The summed E-state index contributed by atoms with van der Waals surface area (Å²) < 4.78 is 1.84. The summed E-state index contributed by atoms with van der Waals surface area (Å²) in [6, 6.07) is 0. The Kier molecular flexibility index (Phi) is 3.33. The minimum absolute atomic E-state index is 0.190. The van der Waals surface area contributed by atoms with Gasteiger partial charge in [-0.1, -0.05) is 12.1 Å². The van der Waals surface area contributed by atoms with Gasteiger partial charge in [0, 0.05) is 19.1 Å². The van der Waals surface area contributed by atoms with Gasteiger partial charge in [-0.2, -0.15) is 0 Å². The summed E-state index contributed by atoms with van der Waals surface area (Å²) >= 11 is 0. The van der Waals surface area contributed by atoms with Gasteiger partial charge in [0.25, 0.3) is 0 Å². The minimum atomic E-state index is 0.190. The molecule has 16 heavy (non-hydrogen) atoms. The van der Waals surface area contributed by atoms with Gasteiger partial charge in [0.05, 0.1) is 5.69 Å². The van der Waals surface area contributed by atoms with Gasteiger partial charge in [0.2, 0.25) is 0 Å². The van der Waals surface area contributed by atoms with Crippen LogP contribution in [0.5, 0.6) is 0 Å². The monoisotopic (exact) mass is 223 g/mol. The SMILES string of the molecule is CC(CCO)Cn1nnc(C=O)c1C1CC1. The van der Waals surface area contributed by atoms with Crippen molar-refractivity contribution in [3.8, 4) is 0 Å². The second kappa shape index (κ2) is 4.74. The highest BCUT2D eigenvalue weighted by atomic mass is 16.3. The van der Waals surface area contributed by atoms with Gasteiger partial charge in [-0.15, -0.1) is 5.10 Å². The zero-order valence-electron chi connectivity index (χ0n) is 9.46. The van der Waals surface area contributed by atoms with Crippen LogP contribution in [0.2, 0.25) is 0 Å². The number of hydrogen-bond acceptors (Lipinski definition) is 4. The van der Waals surface area contributed by atoms with E-state index in [2.05, 4.69) is 17.2 Å². The van der Waals surface area contributed by atoms with Gasteiger partial charge in [-0.05, 0) is 25.2 Å². The van der Waals surface area contributed by atoms with Gasteiger partial charge in [0.15, 0.2) is 6.29 Å². The first-order valence-electron chi connectivity index (χ1n) is 5.75. The minimum Gasteiger partial charge on any atom is -0.396 e. The first kappa shape index (κ1) is 11.3. The van der Waals surface area contributed by atoms with Gasteiger partial charge < -0.3 is 5.11 Å². The molecule has 1 fully saturated rings. The smallest absolute Gasteiger partial charge is 0.172 e. The number of nitrogens with zero attached hydrogens (tertiary/aromatic N) is 3. The van der Waals surface area contributed by atoms with Crippen LogP contribution in [0.1, 0.15) is 48.3 Å². The Balaban J connectivity index is 2.13. The number of carbonyl (C=O) groups excluding carboxylic acids is 1. The molecule has 0 amide bonds. The lowest BCUT2D eigenvalue weighted by Gasteiger charge is -2.11. The fourth-order valence-corrected chi connectivity index (χ4v) is 1.94. The number of rotatable bonds is 6. The first-order valence-corrected chi connectivity index (χ1v) is 5.75. The zero-order valence-corrected chi connectivity index (χ0v) is 9.46. The van der Waals surface area contributed by atoms with Crippen molar-refractivity contribution >= 4 is 6.29 Å². The molecule has 1 unspecified atom stereocenters. The van der Waals surface area contributed by atoms with Crippen molar-refractivity contribution in [1.29, 1.82) is 0 Å². The second-order valence-electron chi connectivity index (χ2n) is 4.55. The Bertz CT molecular complexity index is 371. The molecule has 0 spiro atoms. The summed E-state index contributed by atoms with van der Waals surface area (Å²) in [6.07, 6.45) is 3.79. The average Bonchev–Trinajstić information content (AvgIpc) is 3.01. The van der Waals surface area contributed by atoms with Crippen LogP contribution in [0.15, 0.2) is 0 Å². The van der Waals surface area contributed by atoms with Crippen molar-refractivity contribution in [3.05, 3.63) is 11.4 Å². The molecule has 1 N–H and O–H groups in total. The first-order chi connectivity index (χ1) is 7.76. The van der Waals surface area contributed by atoms with E-state index in [9.17, 15) is 4.79 Å². The Hall–Kier alpha value is -1.23. The third-order valence-corrected chi connectivity index (χ3v) is 2.98. The predicted molar refractivity (Wildman–Crippen MR) is 58.3 cm³/mol. The number of aromatic nitrogens is 3. The molecule has 1 aliphatic carbocycles. The third kappa shape index (κ3) is 2.29. The van der Waals surface area contributed by atoms with Gasteiger partial charge in [-0.3, -0.25) is 4.79 Å². The molecule has 88 valence electrons. The molecule has 1 atom stereocenters. The number of aliphatic hydroxyl groups excluding tert-OH is 1. The summed E-state index contributed by atoms with van der Waals surface area (Å²) in [4.78, 5) is 10.8. The molecular weight excluding hydrogens is 206 g/mol. The number of carbonyl (C=O) groups is 1. The van der Waals surface area contributed by atoms with Crippen molar-refractivity contribution < 1.29 is 9.90 Å². The summed E-state index contributed by atoms with van der Waals surface area (Å²) in [6.45, 7) is 2.98. The number of aldehydes is 1. The van der Waals surface area contributed by atoms with Crippen LogP contribution < -0.4 is 0 Å². The highest BCUT2D eigenvalue weighted by molar-refractivity contribution is 5.73. The van der Waals surface area contributed by atoms with E-state index in [0.717, 1.165) is 37.8 Å². The van der Waals surface area contributed by atoms with E-state index in [1.807, 2.05) is 4.68 Å². The highest BCUT2D eigenvalue weighted by Gasteiger charge is 2.31. The van der Waals surface area contributed by atoms with Crippen LogP contribution in [0.25, 0.3) is 0 Å². The van der Waals surface area contributed by atoms with E-state index in [0.29, 0.717) is 17.5 Å². The van der Waals surface area contributed by atoms with E-state index in [4.69, 9.17) is 5.11 Å². The van der Waals surface area contributed by atoms with Crippen LogP contribution in [-0.4, -0.2) is 33.0 Å². The molecule has 5 nitrogen and oxygen atoms in total. The van der Waals surface area contributed by atoms with Crippen LogP contribution in [0, 0.1) is 5.92 Å². The molecule has 1 heterocycles. The molecule has 0 saturated heterocycles. The normalized spacial score (nSPS) is 17.4. The Morgan fingerprint density at radius 3 is 2.94 bits per heavy atom. The van der Waals surface area contributed by atoms with Crippen molar-refractivity contribution in [2.24, 2.45) is 5.92 Å². The zero-order chi connectivity index (χ0) is 11.5. The van der Waals surface area contributed by atoms with Gasteiger partial charge in [-0.25, -0.2) is 4.68 Å². The van der Waals surface area contributed by atoms with Crippen LogP contribution in [0.4, 0.5) is 0 Å². The molecule has 1 aromatic rings. The van der Waals surface area contributed by atoms with Crippen molar-refractivity contribution in [3.63, 3.8) is 0 Å². The Labute approximate surface area is 94.5 Å². The quantitative estimate of drug-likeness (QED) is 0.730. The van der Waals surface area contributed by atoms with Gasteiger partial charge in [0.1, 0.15) is 5.69 Å². The molecule has 0 bridgehead atoms. The van der Waals surface area contributed by atoms with Crippen LogP contribution in [0.3, 0.4) is 0 Å². The standard InChI is InChI=1S/C11H17N3O2/c1-8(4-5-15)6-14-11(9-2-3-9)10(7-16)12-13-14/h7-9,15H,2-6H2,1H3. The molecule has 2 rings (SSSR count). The summed E-state index contributed by atoms with van der Waals surface area (Å²) in [7, 11) is 0. The van der Waals surface area contributed by atoms with E-state index in [1.54, 1.807) is 0 Å². The molecule has 1 saturated carbocycles. The average molecular weight is 223 g/mol. The molecule has 1 aliphatic rings. The van der Waals surface area contributed by atoms with Gasteiger partial charge >= 0.3 is 0 Å². The van der Waals surface area contributed by atoms with Crippen LogP contribution in [-0.2, 0) is 6.54 Å². The van der Waals surface area contributed by atoms with E-state index in [-0.39, 0.29) is 6.61 Å². The molecule has 0 aliphatic heterocycles. The van der Waals surface area contributed by atoms with Crippen molar-refractivity contribution in [2.45, 2.75) is 38.6 Å². The van der Waals surface area contributed by atoms with Crippen molar-refractivity contribution in [2.75, 3.05) is 6.61 Å². The second-order valence-corrected chi connectivity index (χ2v) is 4.55. The molecule has 0 aromatic carbocycles. The maximum atomic E-state index is 10.8. The molecule has 1 aromatic heterocycles. The number of aliphatic hydroxyl groups is 1. The molecular formula is C11H17N3O2. The summed E-state index contributed by atoms with van der Waals surface area (Å²) in [5.74, 6) is 0.820. The fraction of sp³-hybridized carbons (Fsp3) is 0.727. The largest absolute Gasteiger partial charge is 0.396 e. The summed E-state index contributed by atoms with van der Waals surface area (Å²) in [5.41, 5.74) is 1.47. The topological polar surface area (TPSA) is 68.0 Å².